The van der Waals surface area contributed by atoms with Crippen LogP contribution in [0.15, 0.2) is 29.1 Å². The van der Waals surface area contributed by atoms with Crippen molar-refractivity contribution in [3.63, 3.8) is 0 Å². The molecule has 1 heterocycles. The smallest absolute Gasteiger partial charge is 0.257 e. The van der Waals surface area contributed by atoms with E-state index in [2.05, 4.69) is 4.98 Å². The summed E-state index contributed by atoms with van der Waals surface area (Å²) in [6, 6.07) is 3.55. The highest BCUT2D eigenvalue weighted by Gasteiger charge is 2.19. The number of carbonyl (C=O) groups is 1. The molecule has 0 radical (unpaired) electrons. The molecule has 0 spiro atoms. The molecule has 2 rings (SSSR count). The number of hydrogen-bond donors (Lipinski definition) is 0. The standard InChI is InChI=1S/C12H10F2N2OS/c1-16(5-8-6-18-7-15-8)12(17)9-3-2-4-10(13)11(9)14/h2-4,6-7H,5H2,1H3. The Balaban J connectivity index is 2.18. The number of halogens is 2. The summed E-state index contributed by atoms with van der Waals surface area (Å²) in [5.41, 5.74) is 2.09. The van der Waals surface area contributed by atoms with Gasteiger partial charge < -0.3 is 4.90 Å². The molecule has 0 saturated heterocycles. The Labute approximate surface area is 107 Å². The van der Waals surface area contributed by atoms with Crippen LogP contribution in [0.4, 0.5) is 8.78 Å². The minimum Gasteiger partial charge on any atom is -0.336 e. The van der Waals surface area contributed by atoms with E-state index in [9.17, 15) is 13.6 Å². The second kappa shape index (κ2) is 5.22. The molecule has 0 N–H and O–H groups in total. The third-order valence-corrected chi connectivity index (χ3v) is 3.05. The van der Waals surface area contributed by atoms with Crippen LogP contribution >= 0.6 is 11.3 Å². The van der Waals surface area contributed by atoms with Crippen LogP contribution in [0.2, 0.25) is 0 Å². The highest BCUT2D eigenvalue weighted by atomic mass is 32.1. The van der Waals surface area contributed by atoms with Gasteiger partial charge in [-0.1, -0.05) is 6.07 Å². The normalized spacial score (nSPS) is 10.4. The summed E-state index contributed by atoms with van der Waals surface area (Å²) in [7, 11) is 1.52. The fourth-order valence-electron chi connectivity index (χ4n) is 1.51. The van der Waals surface area contributed by atoms with E-state index in [0.717, 1.165) is 6.07 Å². The van der Waals surface area contributed by atoms with Crippen LogP contribution in [0.1, 0.15) is 16.1 Å². The molecule has 94 valence electrons. The number of benzene rings is 1. The fraction of sp³-hybridized carbons (Fsp3) is 0.167. The van der Waals surface area contributed by atoms with Crippen LogP contribution in [0.3, 0.4) is 0 Å². The second-order valence-electron chi connectivity index (χ2n) is 3.74. The molecular weight excluding hydrogens is 258 g/mol. The van der Waals surface area contributed by atoms with Gasteiger partial charge in [0, 0.05) is 12.4 Å². The van der Waals surface area contributed by atoms with Gasteiger partial charge in [0.25, 0.3) is 5.91 Å². The van der Waals surface area contributed by atoms with E-state index in [1.165, 1.54) is 35.4 Å². The van der Waals surface area contributed by atoms with Crippen molar-refractivity contribution in [1.82, 2.24) is 9.88 Å². The van der Waals surface area contributed by atoms with E-state index in [1.807, 2.05) is 0 Å². The first-order valence-corrected chi connectivity index (χ1v) is 6.10. The average Bonchev–Trinajstić information content (AvgIpc) is 2.84. The predicted octanol–water partition coefficient (Wildman–Crippen LogP) is 2.69. The first-order chi connectivity index (χ1) is 8.59. The fourth-order valence-corrected chi connectivity index (χ4v) is 2.05. The maximum atomic E-state index is 13.5. The third-order valence-electron chi connectivity index (χ3n) is 2.41. The highest BCUT2D eigenvalue weighted by molar-refractivity contribution is 7.07. The molecule has 1 aromatic carbocycles. The zero-order chi connectivity index (χ0) is 13.1. The van der Waals surface area contributed by atoms with Gasteiger partial charge in [0.2, 0.25) is 0 Å². The van der Waals surface area contributed by atoms with Crippen LogP contribution in [-0.2, 0) is 6.54 Å². The van der Waals surface area contributed by atoms with Gasteiger partial charge in [0.05, 0.1) is 23.3 Å². The maximum absolute atomic E-state index is 13.5. The highest BCUT2D eigenvalue weighted by Crippen LogP contribution is 2.14. The average molecular weight is 268 g/mol. The minimum absolute atomic E-state index is 0.262. The molecule has 1 aromatic heterocycles. The zero-order valence-electron chi connectivity index (χ0n) is 9.56. The van der Waals surface area contributed by atoms with E-state index in [4.69, 9.17) is 0 Å². The molecule has 2 aromatic rings. The van der Waals surface area contributed by atoms with Crippen molar-refractivity contribution in [1.29, 1.82) is 0 Å². The number of carbonyl (C=O) groups excluding carboxylic acids is 1. The van der Waals surface area contributed by atoms with E-state index in [1.54, 1.807) is 10.9 Å². The molecule has 0 unspecified atom stereocenters. The largest absolute Gasteiger partial charge is 0.336 e. The molecule has 6 heteroatoms. The summed E-state index contributed by atoms with van der Waals surface area (Å²) in [6.45, 7) is 0.262. The summed E-state index contributed by atoms with van der Waals surface area (Å²) in [5, 5.41) is 1.80. The van der Waals surface area contributed by atoms with Crippen molar-refractivity contribution in [2.45, 2.75) is 6.54 Å². The first kappa shape index (κ1) is 12.6. The molecule has 0 bridgehead atoms. The molecule has 0 aliphatic rings. The Hall–Kier alpha value is -1.82. The van der Waals surface area contributed by atoms with Gasteiger partial charge in [0.15, 0.2) is 11.6 Å². The number of amides is 1. The lowest BCUT2D eigenvalue weighted by Crippen LogP contribution is -2.27. The lowest BCUT2D eigenvalue weighted by molar-refractivity contribution is 0.0778. The Kier molecular flexibility index (Phi) is 3.66. The van der Waals surface area contributed by atoms with Gasteiger partial charge in [0.1, 0.15) is 0 Å². The van der Waals surface area contributed by atoms with Gasteiger partial charge >= 0.3 is 0 Å². The molecule has 0 aliphatic heterocycles. The van der Waals surface area contributed by atoms with Crippen molar-refractivity contribution in [2.75, 3.05) is 7.05 Å². The van der Waals surface area contributed by atoms with Gasteiger partial charge in [-0.2, -0.15) is 0 Å². The van der Waals surface area contributed by atoms with Crippen molar-refractivity contribution in [2.24, 2.45) is 0 Å². The number of hydrogen-bond acceptors (Lipinski definition) is 3. The Morgan fingerprint density at radius 3 is 2.89 bits per heavy atom. The van der Waals surface area contributed by atoms with E-state index >= 15 is 0 Å². The van der Waals surface area contributed by atoms with Crippen LogP contribution in [0.5, 0.6) is 0 Å². The van der Waals surface area contributed by atoms with Gasteiger partial charge in [-0.3, -0.25) is 4.79 Å². The van der Waals surface area contributed by atoms with E-state index in [-0.39, 0.29) is 12.1 Å². The Bertz CT molecular complexity index is 557. The summed E-state index contributed by atoms with van der Waals surface area (Å²) in [6.07, 6.45) is 0. The van der Waals surface area contributed by atoms with Crippen molar-refractivity contribution >= 4 is 17.2 Å². The van der Waals surface area contributed by atoms with Crippen LogP contribution < -0.4 is 0 Å². The number of rotatable bonds is 3. The minimum atomic E-state index is -1.12. The van der Waals surface area contributed by atoms with Gasteiger partial charge in [-0.25, -0.2) is 13.8 Å². The number of thiazole rings is 1. The van der Waals surface area contributed by atoms with Crippen molar-refractivity contribution < 1.29 is 13.6 Å². The predicted molar refractivity (Wildman–Crippen MR) is 64.3 cm³/mol. The summed E-state index contributed by atoms with van der Waals surface area (Å²) < 4.78 is 26.5. The molecule has 0 saturated carbocycles. The van der Waals surface area contributed by atoms with Crippen LogP contribution in [-0.4, -0.2) is 22.8 Å². The second-order valence-corrected chi connectivity index (χ2v) is 4.46. The molecule has 1 amide bonds. The van der Waals surface area contributed by atoms with Gasteiger partial charge in [-0.05, 0) is 12.1 Å². The number of nitrogens with zero attached hydrogens (tertiary/aromatic N) is 2. The monoisotopic (exact) mass is 268 g/mol. The molecule has 0 fully saturated rings. The lowest BCUT2D eigenvalue weighted by Gasteiger charge is -2.16. The quantitative estimate of drug-likeness (QED) is 0.857. The molecule has 0 atom stereocenters. The van der Waals surface area contributed by atoms with Crippen LogP contribution in [0.25, 0.3) is 0 Å². The molecule has 18 heavy (non-hydrogen) atoms. The Morgan fingerprint density at radius 1 is 1.44 bits per heavy atom. The molecule has 3 nitrogen and oxygen atoms in total. The third kappa shape index (κ3) is 2.53. The van der Waals surface area contributed by atoms with Crippen molar-refractivity contribution in [3.05, 3.63) is 52.0 Å². The summed E-state index contributed by atoms with van der Waals surface area (Å²) in [5.74, 6) is -2.71. The lowest BCUT2D eigenvalue weighted by atomic mass is 10.2. The molecular formula is C12H10F2N2OS. The summed E-state index contributed by atoms with van der Waals surface area (Å²) >= 11 is 1.41. The zero-order valence-corrected chi connectivity index (χ0v) is 10.4. The Morgan fingerprint density at radius 2 is 2.22 bits per heavy atom. The van der Waals surface area contributed by atoms with Gasteiger partial charge in [-0.15, -0.1) is 11.3 Å². The van der Waals surface area contributed by atoms with Crippen LogP contribution in [0, 0.1) is 11.6 Å². The maximum Gasteiger partial charge on any atom is 0.257 e. The van der Waals surface area contributed by atoms with E-state index < -0.39 is 17.5 Å². The first-order valence-electron chi connectivity index (χ1n) is 5.16. The SMILES string of the molecule is CN(Cc1cscn1)C(=O)c1cccc(F)c1F. The molecule has 0 aliphatic carbocycles. The summed E-state index contributed by atoms with van der Waals surface area (Å²) in [4.78, 5) is 17.3. The van der Waals surface area contributed by atoms with E-state index in [0.29, 0.717) is 5.69 Å². The van der Waals surface area contributed by atoms with Crippen molar-refractivity contribution in [3.8, 4) is 0 Å². The number of aromatic nitrogens is 1. The topological polar surface area (TPSA) is 33.2 Å².